The molecule has 0 saturated carbocycles. The van der Waals surface area contributed by atoms with Gasteiger partial charge in [-0.1, -0.05) is 24.1 Å². The summed E-state index contributed by atoms with van der Waals surface area (Å²) in [6.45, 7) is 2.07. The van der Waals surface area contributed by atoms with Gasteiger partial charge < -0.3 is 0 Å². The zero-order valence-corrected chi connectivity index (χ0v) is 9.03. The van der Waals surface area contributed by atoms with Crippen LogP contribution in [0.5, 0.6) is 0 Å². The highest BCUT2D eigenvalue weighted by atomic mass is 14.7. The van der Waals surface area contributed by atoms with Gasteiger partial charge in [-0.3, -0.25) is 4.99 Å². The normalized spacial score (nSPS) is 25.1. The molecule has 1 aliphatic heterocycles. The third kappa shape index (κ3) is 2.10. The molecule has 1 heterocycles. The van der Waals surface area contributed by atoms with Gasteiger partial charge in [0.15, 0.2) is 0 Å². The molecule has 2 rings (SSSR count). The van der Waals surface area contributed by atoms with E-state index in [1.165, 1.54) is 16.9 Å². The predicted octanol–water partition coefficient (Wildman–Crippen LogP) is 3.26. The molecule has 0 aromatic carbocycles. The second-order valence-electron chi connectivity index (χ2n) is 4.02. The third-order valence-corrected chi connectivity index (χ3v) is 2.93. The number of rotatable bonds is 1. The average Bonchev–Trinajstić information content (AvgIpc) is 2.30. The van der Waals surface area contributed by atoms with Gasteiger partial charge in [0, 0.05) is 17.8 Å². The molecule has 1 unspecified atom stereocenters. The van der Waals surface area contributed by atoms with Crippen molar-refractivity contribution in [1.29, 1.82) is 0 Å². The Hall–Kier alpha value is -1.55. The van der Waals surface area contributed by atoms with E-state index < -0.39 is 0 Å². The van der Waals surface area contributed by atoms with Crippen LogP contribution in [0, 0.1) is 18.3 Å². The molecule has 2 aliphatic rings. The lowest BCUT2D eigenvalue weighted by atomic mass is 9.85. The Morgan fingerprint density at radius 1 is 1.47 bits per heavy atom. The molecule has 0 saturated heterocycles. The van der Waals surface area contributed by atoms with Crippen molar-refractivity contribution in [3.63, 3.8) is 0 Å². The molecule has 15 heavy (non-hydrogen) atoms. The molecule has 0 spiro atoms. The summed E-state index contributed by atoms with van der Waals surface area (Å²) in [5, 5.41) is 0. The Morgan fingerprint density at radius 3 is 3.00 bits per heavy atom. The van der Waals surface area contributed by atoms with Crippen molar-refractivity contribution in [3.05, 3.63) is 35.6 Å². The second kappa shape index (κ2) is 4.31. The summed E-state index contributed by atoms with van der Waals surface area (Å²) in [6.07, 6.45) is 17.0. The molecule has 1 aliphatic carbocycles. The number of hydrogen-bond donors (Lipinski definition) is 0. The van der Waals surface area contributed by atoms with Crippen LogP contribution in [-0.2, 0) is 0 Å². The quantitative estimate of drug-likeness (QED) is 0.572. The van der Waals surface area contributed by atoms with Crippen LogP contribution in [0.4, 0.5) is 0 Å². The lowest BCUT2D eigenvalue weighted by Crippen LogP contribution is -2.09. The van der Waals surface area contributed by atoms with E-state index in [4.69, 9.17) is 6.42 Å². The molecule has 0 radical (unpaired) electrons. The van der Waals surface area contributed by atoms with E-state index in [0.29, 0.717) is 0 Å². The lowest BCUT2D eigenvalue weighted by Gasteiger charge is -2.20. The third-order valence-electron chi connectivity index (χ3n) is 2.93. The molecule has 0 N–H and O–H groups in total. The largest absolute Gasteiger partial charge is 0.266 e. The predicted molar refractivity (Wildman–Crippen MR) is 64.6 cm³/mol. The fraction of sp³-hybridized carbons (Fsp3) is 0.357. The summed E-state index contributed by atoms with van der Waals surface area (Å²) in [7, 11) is 0. The van der Waals surface area contributed by atoms with Crippen molar-refractivity contribution < 1.29 is 0 Å². The van der Waals surface area contributed by atoms with E-state index in [1.807, 2.05) is 6.20 Å². The Balaban J connectivity index is 2.27. The Kier molecular flexibility index (Phi) is 2.87. The van der Waals surface area contributed by atoms with E-state index in [1.54, 1.807) is 0 Å². The van der Waals surface area contributed by atoms with Crippen LogP contribution in [0.15, 0.2) is 40.6 Å². The SMILES string of the molecule is C#CC1CC=CC=C1C1=CN=C(C)CC1. The van der Waals surface area contributed by atoms with Crippen molar-refractivity contribution in [1.82, 2.24) is 0 Å². The van der Waals surface area contributed by atoms with Gasteiger partial charge in [0.25, 0.3) is 0 Å². The molecular formula is C14H15N. The number of terminal acetylenes is 1. The van der Waals surface area contributed by atoms with Gasteiger partial charge in [-0.15, -0.1) is 6.42 Å². The topological polar surface area (TPSA) is 12.4 Å². The molecule has 1 nitrogen and oxygen atoms in total. The Labute approximate surface area is 91.3 Å². The molecule has 0 aromatic heterocycles. The molecule has 76 valence electrons. The minimum atomic E-state index is 0.245. The first kappa shape index (κ1) is 9.98. The maximum absolute atomic E-state index is 5.54. The van der Waals surface area contributed by atoms with Crippen LogP contribution >= 0.6 is 0 Å². The summed E-state index contributed by atoms with van der Waals surface area (Å²) in [6, 6.07) is 0. The minimum Gasteiger partial charge on any atom is -0.266 e. The highest BCUT2D eigenvalue weighted by Crippen LogP contribution is 2.30. The summed E-state index contributed by atoms with van der Waals surface area (Å²) in [5.41, 5.74) is 3.81. The standard InChI is InChI=1S/C14H15N/c1-3-12-6-4-5-7-14(12)13-9-8-11(2)15-10-13/h1,4-5,7,10,12H,6,8-9H2,2H3. The van der Waals surface area contributed by atoms with Gasteiger partial charge in [-0.05, 0) is 37.3 Å². The van der Waals surface area contributed by atoms with Gasteiger partial charge in [0.05, 0.1) is 0 Å². The molecule has 0 amide bonds. The van der Waals surface area contributed by atoms with E-state index >= 15 is 0 Å². The van der Waals surface area contributed by atoms with Gasteiger partial charge >= 0.3 is 0 Å². The van der Waals surface area contributed by atoms with E-state index in [0.717, 1.165) is 19.3 Å². The van der Waals surface area contributed by atoms with Gasteiger partial charge in [-0.2, -0.15) is 0 Å². The summed E-state index contributed by atoms with van der Waals surface area (Å²) < 4.78 is 0. The van der Waals surface area contributed by atoms with Crippen LogP contribution < -0.4 is 0 Å². The van der Waals surface area contributed by atoms with Crippen LogP contribution in [0.2, 0.25) is 0 Å². The fourth-order valence-corrected chi connectivity index (χ4v) is 1.97. The summed E-state index contributed by atoms with van der Waals surface area (Å²) >= 11 is 0. The maximum Gasteiger partial charge on any atom is 0.0487 e. The highest BCUT2D eigenvalue weighted by molar-refractivity contribution is 5.83. The molecule has 1 heteroatoms. The first-order valence-electron chi connectivity index (χ1n) is 5.37. The maximum atomic E-state index is 5.54. The van der Waals surface area contributed by atoms with Gasteiger partial charge in [-0.25, -0.2) is 0 Å². The summed E-state index contributed by atoms with van der Waals surface area (Å²) in [4.78, 5) is 4.38. The van der Waals surface area contributed by atoms with E-state index in [-0.39, 0.29) is 5.92 Å². The Morgan fingerprint density at radius 2 is 2.33 bits per heavy atom. The van der Waals surface area contributed by atoms with E-state index in [9.17, 15) is 0 Å². The van der Waals surface area contributed by atoms with Crippen molar-refractivity contribution in [2.45, 2.75) is 26.2 Å². The Bertz CT molecular complexity index is 413. The number of aliphatic imine (C=N–C) groups is 1. The molecule has 1 atom stereocenters. The van der Waals surface area contributed by atoms with Crippen LogP contribution in [-0.4, -0.2) is 5.71 Å². The first-order chi connectivity index (χ1) is 7.31. The second-order valence-corrected chi connectivity index (χ2v) is 4.02. The van der Waals surface area contributed by atoms with E-state index in [2.05, 4.69) is 36.1 Å². The molecule has 0 fully saturated rings. The highest BCUT2D eigenvalue weighted by Gasteiger charge is 2.17. The zero-order chi connectivity index (χ0) is 10.7. The van der Waals surface area contributed by atoms with Crippen LogP contribution in [0.25, 0.3) is 0 Å². The van der Waals surface area contributed by atoms with Crippen molar-refractivity contribution in [3.8, 4) is 12.3 Å². The first-order valence-corrected chi connectivity index (χ1v) is 5.37. The number of allylic oxidation sites excluding steroid dienone is 5. The number of nitrogens with zero attached hydrogens (tertiary/aromatic N) is 1. The van der Waals surface area contributed by atoms with Crippen molar-refractivity contribution in [2.24, 2.45) is 10.9 Å². The smallest absolute Gasteiger partial charge is 0.0487 e. The number of hydrogen-bond acceptors (Lipinski definition) is 1. The van der Waals surface area contributed by atoms with Crippen molar-refractivity contribution >= 4 is 5.71 Å². The fourth-order valence-electron chi connectivity index (χ4n) is 1.97. The van der Waals surface area contributed by atoms with Gasteiger partial charge in [0.1, 0.15) is 0 Å². The molecule has 0 bridgehead atoms. The minimum absolute atomic E-state index is 0.245. The molecule has 0 aromatic rings. The van der Waals surface area contributed by atoms with Gasteiger partial charge in [0.2, 0.25) is 0 Å². The zero-order valence-electron chi connectivity index (χ0n) is 9.03. The monoisotopic (exact) mass is 197 g/mol. The molecular weight excluding hydrogens is 182 g/mol. The van der Waals surface area contributed by atoms with Crippen molar-refractivity contribution in [2.75, 3.05) is 0 Å². The summed E-state index contributed by atoms with van der Waals surface area (Å²) in [5.74, 6) is 3.10. The lowest BCUT2D eigenvalue weighted by molar-refractivity contribution is 0.778. The van der Waals surface area contributed by atoms with Crippen LogP contribution in [0.1, 0.15) is 26.2 Å². The average molecular weight is 197 g/mol. The van der Waals surface area contributed by atoms with Crippen LogP contribution in [0.3, 0.4) is 0 Å².